The fourth-order valence-corrected chi connectivity index (χ4v) is 2.23. The Bertz CT molecular complexity index is 599. The van der Waals surface area contributed by atoms with Gasteiger partial charge in [0, 0.05) is 17.8 Å². The Hall–Kier alpha value is -2.10. The molecule has 1 aromatic heterocycles. The molecule has 0 aliphatic carbocycles. The second-order valence-electron chi connectivity index (χ2n) is 5.30. The molecule has 0 radical (unpaired) electrons. The first-order valence-electron chi connectivity index (χ1n) is 6.85. The van der Waals surface area contributed by atoms with Gasteiger partial charge < -0.3 is 5.32 Å². The van der Waals surface area contributed by atoms with Gasteiger partial charge in [-0.25, -0.2) is 0 Å². The number of aromatic nitrogens is 2. The Kier molecular flexibility index (Phi) is 4.23. The molecule has 0 saturated carbocycles. The van der Waals surface area contributed by atoms with Gasteiger partial charge in [-0.2, -0.15) is 5.10 Å². The number of nitrogens with zero attached hydrogens (tertiary/aromatic N) is 2. The van der Waals surface area contributed by atoms with Crippen molar-refractivity contribution in [2.24, 2.45) is 0 Å². The van der Waals surface area contributed by atoms with Gasteiger partial charge in [-0.15, -0.1) is 0 Å². The predicted molar refractivity (Wildman–Crippen MR) is 79.9 cm³/mol. The topological polar surface area (TPSA) is 46.9 Å². The molecule has 1 aromatic carbocycles. The molecule has 0 unspecified atom stereocenters. The maximum atomic E-state index is 12.0. The zero-order chi connectivity index (χ0) is 14.7. The Morgan fingerprint density at radius 1 is 1.25 bits per heavy atom. The number of carbonyl (C=O) groups excluding carboxylic acids is 1. The summed E-state index contributed by atoms with van der Waals surface area (Å²) in [4.78, 5) is 12.0. The molecule has 4 nitrogen and oxygen atoms in total. The van der Waals surface area contributed by atoms with Crippen LogP contribution in [0.5, 0.6) is 0 Å². The first kappa shape index (κ1) is 14.3. The summed E-state index contributed by atoms with van der Waals surface area (Å²) >= 11 is 0. The highest BCUT2D eigenvalue weighted by Gasteiger charge is 2.11. The maximum absolute atomic E-state index is 12.0. The van der Waals surface area contributed by atoms with Crippen LogP contribution < -0.4 is 5.32 Å². The number of hydrogen-bond acceptors (Lipinski definition) is 2. The van der Waals surface area contributed by atoms with Gasteiger partial charge >= 0.3 is 0 Å². The van der Waals surface area contributed by atoms with E-state index in [0.29, 0.717) is 12.1 Å². The molecule has 0 bridgehead atoms. The van der Waals surface area contributed by atoms with E-state index in [1.807, 2.05) is 55.8 Å². The lowest BCUT2D eigenvalue weighted by Crippen LogP contribution is -2.30. The van der Waals surface area contributed by atoms with Gasteiger partial charge in [-0.3, -0.25) is 9.48 Å². The first-order chi connectivity index (χ1) is 9.47. The molecule has 1 N–H and O–H groups in total. The lowest BCUT2D eigenvalue weighted by molar-refractivity contribution is 0.0947. The average molecular weight is 271 g/mol. The van der Waals surface area contributed by atoms with Crippen LogP contribution in [0.3, 0.4) is 0 Å². The average Bonchev–Trinajstić information content (AvgIpc) is 2.75. The van der Waals surface area contributed by atoms with E-state index >= 15 is 0 Å². The van der Waals surface area contributed by atoms with Gasteiger partial charge in [0.1, 0.15) is 0 Å². The fourth-order valence-electron chi connectivity index (χ4n) is 2.23. The molecule has 20 heavy (non-hydrogen) atoms. The number of hydrogen-bond donors (Lipinski definition) is 1. The summed E-state index contributed by atoms with van der Waals surface area (Å²) in [6.45, 7) is 8.62. The molecular weight excluding hydrogens is 250 g/mol. The number of amides is 1. The van der Waals surface area contributed by atoms with Crippen LogP contribution in [0.15, 0.2) is 30.3 Å². The van der Waals surface area contributed by atoms with Crippen LogP contribution in [0.4, 0.5) is 0 Å². The lowest BCUT2D eigenvalue weighted by atomic mass is 10.1. The van der Waals surface area contributed by atoms with Gasteiger partial charge in [0.15, 0.2) is 0 Å². The molecule has 0 fully saturated rings. The highest BCUT2D eigenvalue weighted by Crippen LogP contribution is 2.10. The quantitative estimate of drug-likeness (QED) is 0.929. The van der Waals surface area contributed by atoms with Crippen LogP contribution in [0, 0.1) is 20.8 Å². The minimum atomic E-state index is -0.0432. The smallest absolute Gasteiger partial charge is 0.251 e. The zero-order valence-electron chi connectivity index (χ0n) is 12.5. The molecule has 0 spiro atoms. The number of carbonyl (C=O) groups is 1. The van der Waals surface area contributed by atoms with Crippen molar-refractivity contribution < 1.29 is 4.79 Å². The van der Waals surface area contributed by atoms with Crippen molar-refractivity contribution in [3.63, 3.8) is 0 Å². The van der Waals surface area contributed by atoms with Crippen LogP contribution in [-0.2, 0) is 0 Å². The highest BCUT2D eigenvalue weighted by atomic mass is 16.1. The van der Waals surface area contributed by atoms with E-state index in [4.69, 9.17) is 0 Å². The maximum Gasteiger partial charge on any atom is 0.251 e. The van der Waals surface area contributed by atoms with E-state index in [1.54, 1.807) is 0 Å². The van der Waals surface area contributed by atoms with Crippen LogP contribution in [0.1, 0.15) is 40.3 Å². The predicted octanol–water partition coefficient (Wildman–Crippen LogP) is 2.80. The van der Waals surface area contributed by atoms with Crippen molar-refractivity contribution in [2.75, 3.05) is 6.54 Å². The highest BCUT2D eigenvalue weighted by molar-refractivity contribution is 5.94. The lowest BCUT2D eigenvalue weighted by Gasteiger charge is -2.15. The molecule has 106 valence electrons. The number of nitrogens with one attached hydrogen (secondary N) is 1. The summed E-state index contributed by atoms with van der Waals surface area (Å²) in [5, 5.41) is 7.39. The van der Waals surface area contributed by atoms with E-state index in [9.17, 15) is 4.79 Å². The van der Waals surface area contributed by atoms with Crippen LogP contribution in [0.25, 0.3) is 0 Å². The molecule has 1 atom stereocenters. The van der Waals surface area contributed by atoms with Crippen molar-refractivity contribution in [1.29, 1.82) is 0 Å². The van der Waals surface area contributed by atoms with Crippen LogP contribution in [0.2, 0.25) is 0 Å². The van der Waals surface area contributed by atoms with E-state index < -0.39 is 0 Å². The van der Waals surface area contributed by atoms with E-state index in [2.05, 4.69) is 17.3 Å². The van der Waals surface area contributed by atoms with Gasteiger partial charge in [0.2, 0.25) is 0 Å². The third-order valence-electron chi connectivity index (χ3n) is 3.33. The Morgan fingerprint density at radius 3 is 2.45 bits per heavy atom. The fraction of sp³-hybridized carbons (Fsp3) is 0.375. The Labute approximate surface area is 119 Å². The number of aryl methyl sites for hydroxylation is 3. The number of benzene rings is 1. The Balaban J connectivity index is 1.96. The van der Waals surface area contributed by atoms with Crippen molar-refractivity contribution in [3.05, 3.63) is 52.8 Å². The van der Waals surface area contributed by atoms with Crippen molar-refractivity contribution >= 4 is 5.91 Å². The van der Waals surface area contributed by atoms with Crippen LogP contribution >= 0.6 is 0 Å². The standard InChI is InChI=1S/C16H21N3O/c1-11-5-7-15(8-6-11)16(20)17-10-14(4)19-13(3)9-12(2)18-19/h5-9,14H,10H2,1-4H3,(H,17,20)/t14-/m1/s1. The molecule has 1 heterocycles. The molecule has 4 heteroatoms. The van der Waals surface area contributed by atoms with E-state index in [-0.39, 0.29) is 11.9 Å². The second kappa shape index (κ2) is 5.90. The molecule has 0 aliphatic rings. The van der Waals surface area contributed by atoms with Crippen molar-refractivity contribution in [2.45, 2.75) is 33.7 Å². The normalized spacial score (nSPS) is 12.2. The summed E-state index contributed by atoms with van der Waals surface area (Å²) in [5.74, 6) is -0.0432. The molecule has 1 amide bonds. The summed E-state index contributed by atoms with van der Waals surface area (Å²) < 4.78 is 1.95. The minimum absolute atomic E-state index is 0.0432. The zero-order valence-corrected chi connectivity index (χ0v) is 12.5. The van der Waals surface area contributed by atoms with Crippen LogP contribution in [-0.4, -0.2) is 22.2 Å². The summed E-state index contributed by atoms with van der Waals surface area (Å²) in [7, 11) is 0. The van der Waals surface area contributed by atoms with Gasteiger partial charge in [0.05, 0.1) is 11.7 Å². The molecular formula is C16H21N3O. The van der Waals surface area contributed by atoms with E-state index in [0.717, 1.165) is 17.0 Å². The van der Waals surface area contributed by atoms with Gasteiger partial charge in [0.25, 0.3) is 5.91 Å². The van der Waals surface area contributed by atoms with E-state index in [1.165, 1.54) is 0 Å². The summed E-state index contributed by atoms with van der Waals surface area (Å²) in [6, 6.07) is 9.76. The van der Waals surface area contributed by atoms with Crippen molar-refractivity contribution in [3.8, 4) is 0 Å². The van der Waals surface area contributed by atoms with Crippen molar-refractivity contribution in [1.82, 2.24) is 15.1 Å². The third-order valence-corrected chi connectivity index (χ3v) is 3.33. The third kappa shape index (κ3) is 3.26. The molecule has 2 aromatic rings. The van der Waals surface area contributed by atoms with Gasteiger partial charge in [-0.05, 0) is 45.9 Å². The second-order valence-corrected chi connectivity index (χ2v) is 5.30. The minimum Gasteiger partial charge on any atom is -0.350 e. The largest absolute Gasteiger partial charge is 0.350 e. The monoisotopic (exact) mass is 271 g/mol. The number of rotatable bonds is 4. The first-order valence-corrected chi connectivity index (χ1v) is 6.85. The molecule has 0 saturated heterocycles. The summed E-state index contributed by atoms with van der Waals surface area (Å²) in [5.41, 5.74) is 3.95. The Morgan fingerprint density at radius 2 is 1.90 bits per heavy atom. The summed E-state index contributed by atoms with van der Waals surface area (Å²) in [6.07, 6.45) is 0. The van der Waals surface area contributed by atoms with Gasteiger partial charge in [-0.1, -0.05) is 17.7 Å². The molecule has 0 aliphatic heterocycles. The molecule has 2 rings (SSSR count). The SMILES string of the molecule is Cc1ccc(C(=O)NC[C@@H](C)n2nc(C)cc2C)cc1.